The summed E-state index contributed by atoms with van der Waals surface area (Å²) in [5.41, 5.74) is 8.26. The third-order valence-corrected chi connectivity index (χ3v) is 4.04. The molecule has 0 atom stereocenters. The van der Waals surface area contributed by atoms with Gasteiger partial charge in [-0.1, -0.05) is 36.8 Å². The molecule has 0 unspecified atom stereocenters. The Morgan fingerprint density at radius 1 is 0.955 bits per heavy atom. The van der Waals surface area contributed by atoms with Crippen LogP contribution in [0.1, 0.15) is 29.3 Å². The van der Waals surface area contributed by atoms with Crippen molar-refractivity contribution in [1.29, 1.82) is 0 Å². The highest BCUT2D eigenvalue weighted by molar-refractivity contribution is 5.95. The molecule has 1 aromatic heterocycles. The number of rotatable bonds is 3. The first-order valence-electron chi connectivity index (χ1n) is 7.82. The number of anilines is 2. The Morgan fingerprint density at radius 2 is 1.73 bits per heavy atom. The largest absolute Gasteiger partial charge is 0.355 e. The molecule has 0 fully saturated rings. The Bertz CT molecular complexity index is 834. The van der Waals surface area contributed by atoms with Crippen LogP contribution in [0.4, 0.5) is 11.4 Å². The first kappa shape index (κ1) is 14.6. The highest BCUT2D eigenvalue weighted by Crippen LogP contribution is 2.30. The van der Waals surface area contributed by atoms with Gasteiger partial charge in [-0.05, 0) is 56.5 Å². The van der Waals surface area contributed by atoms with Crippen LogP contribution in [0.25, 0.3) is 10.9 Å². The molecule has 3 rings (SSSR count). The molecule has 3 aromatic rings. The van der Waals surface area contributed by atoms with Crippen LogP contribution in [0.5, 0.6) is 0 Å². The van der Waals surface area contributed by atoms with E-state index in [4.69, 9.17) is 4.98 Å². The van der Waals surface area contributed by atoms with Crippen LogP contribution in [0, 0.1) is 20.8 Å². The molecule has 0 spiro atoms. The van der Waals surface area contributed by atoms with Gasteiger partial charge in [0.15, 0.2) is 0 Å². The van der Waals surface area contributed by atoms with Gasteiger partial charge in [0.05, 0.1) is 5.52 Å². The minimum absolute atomic E-state index is 1.02. The zero-order valence-electron chi connectivity index (χ0n) is 13.7. The maximum Gasteiger partial charge on any atom is 0.0755 e. The highest BCUT2D eigenvalue weighted by Gasteiger charge is 2.09. The first-order valence-corrected chi connectivity index (χ1v) is 7.82. The summed E-state index contributed by atoms with van der Waals surface area (Å²) < 4.78 is 0. The van der Waals surface area contributed by atoms with Crippen molar-refractivity contribution in [3.8, 4) is 0 Å². The van der Waals surface area contributed by atoms with Gasteiger partial charge in [0.2, 0.25) is 0 Å². The van der Waals surface area contributed by atoms with Crippen LogP contribution >= 0.6 is 0 Å². The summed E-state index contributed by atoms with van der Waals surface area (Å²) in [4.78, 5) is 4.72. The van der Waals surface area contributed by atoms with Crippen LogP contribution in [0.3, 0.4) is 0 Å². The number of para-hydroxylation sites is 1. The molecule has 2 aromatic carbocycles. The third kappa shape index (κ3) is 2.69. The van der Waals surface area contributed by atoms with Crippen LogP contribution in [0.2, 0.25) is 0 Å². The number of hydrogen-bond acceptors (Lipinski definition) is 2. The molecule has 0 radical (unpaired) electrons. The summed E-state index contributed by atoms with van der Waals surface area (Å²) in [5, 5.41) is 4.81. The number of nitrogens with one attached hydrogen (secondary N) is 1. The van der Waals surface area contributed by atoms with Crippen molar-refractivity contribution < 1.29 is 0 Å². The number of aromatic nitrogens is 1. The first-order chi connectivity index (χ1) is 10.6. The zero-order valence-corrected chi connectivity index (χ0v) is 13.7. The molecule has 1 heterocycles. The fraction of sp³-hybridized carbons (Fsp3) is 0.250. The Hall–Kier alpha value is -2.35. The van der Waals surface area contributed by atoms with Crippen LogP contribution < -0.4 is 5.32 Å². The van der Waals surface area contributed by atoms with Gasteiger partial charge >= 0.3 is 0 Å². The molecule has 0 saturated carbocycles. The van der Waals surface area contributed by atoms with Gasteiger partial charge in [-0.3, -0.25) is 4.98 Å². The van der Waals surface area contributed by atoms with E-state index in [0.29, 0.717) is 0 Å². The lowest BCUT2D eigenvalue weighted by molar-refractivity contribution is 1.14. The number of nitrogens with zero attached hydrogens (tertiary/aromatic N) is 1. The van der Waals surface area contributed by atoms with Crippen LogP contribution in [0.15, 0.2) is 42.5 Å². The van der Waals surface area contributed by atoms with Gasteiger partial charge in [-0.25, -0.2) is 0 Å². The van der Waals surface area contributed by atoms with E-state index in [-0.39, 0.29) is 0 Å². The summed E-state index contributed by atoms with van der Waals surface area (Å²) in [6, 6.07) is 15.0. The minimum Gasteiger partial charge on any atom is -0.355 e. The lowest BCUT2D eigenvalue weighted by atomic mass is 10.0. The van der Waals surface area contributed by atoms with Crippen molar-refractivity contribution in [2.45, 2.75) is 34.1 Å². The van der Waals surface area contributed by atoms with Crippen molar-refractivity contribution >= 4 is 22.3 Å². The SMILES string of the molecule is CCc1ccccc1Nc1cc(C)nc2c(C)cc(C)cc12. The van der Waals surface area contributed by atoms with Crippen molar-refractivity contribution in [2.75, 3.05) is 5.32 Å². The average molecular weight is 290 g/mol. The van der Waals surface area contributed by atoms with E-state index >= 15 is 0 Å². The van der Waals surface area contributed by atoms with Crippen LogP contribution in [-0.2, 0) is 6.42 Å². The Morgan fingerprint density at radius 3 is 2.50 bits per heavy atom. The standard InChI is InChI=1S/C20H22N2/c1-5-16-8-6-7-9-18(16)22-19-12-15(4)21-20-14(3)10-13(2)11-17(19)20/h6-12H,5H2,1-4H3,(H,21,22). The molecule has 2 nitrogen and oxygen atoms in total. The van der Waals surface area contributed by atoms with Gasteiger partial charge in [0.25, 0.3) is 0 Å². The van der Waals surface area contributed by atoms with Gasteiger partial charge in [0.1, 0.15) is 0 Å². The normalized spacial score (nSPS) is 10.9. The topological polar surface area (TPSA) is 24.9 Å². The second kappa shape index (κ2) is 5.80. The summed E-state index contributed by atoms with van der Waals surface area (Å²) >= 11 is 0. The maximum atomic E-state index is 4.72. The highest BCUT2D eigenvalue weighted by atomic mass is 14.9. The van der Waals surface area contributed by atoms with E-state index in [2.05, 4.69) is 75.5 Å². The summed E-state index contributed by atoms with van der Waals surface area (Å²) in [6.07, 6.45) is 1.02. The fourth-order valence-corrected chi connectivity index (χ4v) is 3.01. The lowest BCUT2D eigenvalue weighted by Gasteiger charge is -2.15. The van der Waals surface area contributed by atoms with E-state index < -0.39 is 0 Å². The molecule has 0 aliphatic heterocycles. The van der Waals surface area contributed by atoms with E-state index in [1.165, 1.54) is 27.8 Å². The van der Waals surface area contributed by atoms with Crippen molar-refractivity contribution in [3.63, 3.8) is 0 Å². The van der Waals surface area contributed by atoms with Gasteiger partial charge in [-0.15, -0.1) is 0 Å². The third-order valence-electron chi connectivity index (χ3n) is 4.04. The summed E-state index contributed by atoms with van der Waals surface area (Å²) in [7, 11) is 0. The van der Waals surface area contributed by atoms with Gasteiger partial charge in [-0.2, -0.15) is 0 Å². The number of hydrogen-bond donors (Lipinski definition) is 1. The molecular formula is C20H22N2. The minimum atomic E-state index is 1.02. The number of fused-ring (bicyclic) bond motifs is 1. The molecule has 112 valence electrons. The second-order valence-electron chi connectivity index (χ2n) is 5.92. The Labute approximate surface area is 132 Å². The molecular weight excluding hydrogens is 268 g/mol. The quantitative estimate of drug-likeness (QED) is 0.692. The number of benzene rings is 2. The predicted molar refractivity (Wildman–Crippen MR) is 95.1 cm³/mol. The van der Waals surface area contributed by atoms with Crippen molar-refractivity contribution in [3.05, 3.63) is 64.8 Å². The Kier molecular flexibility index (Phi) is 3.84. The van der Waals surface area contributed by atoms with E-state index in [9.17, 15) is 0 Å². The van der Waals surface area contributed by atoms with Crippen molar-refractivity contribution in [2.24, 2.45) is 0 Å². The Balaban J connectivity index is 2.18. The molecule has 0 saturated heterocycles. The molecule has 2 heteroatoms. The monoisotopic (exact) mass is 290 g/mol. The molecule has 0 aliphatic carbocycles. The molecule has 0 aliphatic rings. The van der Waals surface area contributed by atoms with Crippen molar-refractivity contribution in [1.82, 2.24) is 4.98 Å². The second-order valence-corrected chi connectivity index (χ2v) is 5.92. The number of aryl methyl sites for hydroxylation is 4. The molecule has 22 heavy (non-hydrogen) atoms. The number of pyridine rings is 1. The predicted octanol–water partition coefficient (Wildman–Crippen LogP) is 5.47. The summed E-state index contributed by atoms with van der Waals surface area (Å²) in [6.45, 7) is 8.50. The lowest BCUT2D eigenvalue weighted by Crippen LogP contribution is -1.99. The molecule has 0 bridgehead atoms. The van der Waals surface area contributed by atoms with E-state index in [1.54, 1.807) is 0 Å². The maximum absolute atomic E-state index is 4.72. The summed E-state index contributed by atoms with van der Waals surface area (Å²) in [5.74, 6) is 0. The van der Waals surface area contributed by atoms with Crippen LogP contribution in [-0.4, -0.2) is 4.98 Å². The van der Waals surface area contributed by atoms with E-state index in [1.807, 2.05) is 0 Å². The zero-order chi connectivity index (χ0) is 15.7. The fourth-order valence-electron chi connectivity index (χ4n) is 3.01. The van der Waals surface area contributed by atoms with Gasteiger partial charge in [0, 0.05) is 22.5 Å². The average Bonchev–Trinajstić information content (AvgIpc) is 2.49. The smallest absolute Gasteiger partial charge is 0.0755 e. The van der Waals surface area contributed by atoms with E-state index in [0.717, 1.165) is 23.3 Å². The molecule has 0 amide bonds. The molecule has 1 N–H and O–H groups in total. The van der Waals surface area contributed by atoms with Gasteiger partial charge < -0.3 is 5.32 Å².